The summed E-state index contributed by atoms with van der Waals surface area (Å²) in [5, 5.41) is 10.3. The van der Waals surface area contributed by atoms with Crippen molar-refractivity contribution in [1.82, 2.24) is 0 Å². The van der Waals surface area contributed by atoms with Gasteiger partial charge in [0.25, 0.3) is 0 Å². The second-order valence-electron chi connectivity index (χ2n) is 4.95. The van der Waals surface area contributed by atoms with Crippen LogP contribution < -0.4 is 4.74 Å². The number of aryl methyl sites for hydroxylation is 3. The molecule has 2 nitrogen and oxygen atoms in total. The topological polar surface area (TPSA) is 29.5 Å². The maximum absolute atomic E-state index is 10.3. The van der Waals surface area contributed by atoms with Gasteiger partial charge in [0, 0.05) is 0 Å². The molecule has 0 radical (unpaired) electrons. The first kappa shape index (κ1) is 13.6. The molecule has 100 valence electrons. The minimum absolute atomic E-state index is 0.273. The Kier molecular flexibility index (Phi) is 4.23. The van der Waals surface area contributed by atoms with Gasteiger partial charge in [-0.1, -0.05) is 35.9 Å². The third-order valence-electron chi connectivity index (χ3n) is 3.22. The van der Waals surface area contributed by atoms with E-state index < -0.39 is 6.10 Å². The normalized spacial score (nSPS) is 12.2. The van der Waals surface area contributed by atoms with Gasteiger partial charge >= 0.3 is 0 Å². The summed E-state index contributed by atoms with van der Waals surface area (Å²) in [5.41, 5.74) is 4.42. The molecule has 0 saturated heterocycles. The van der Waals surface area contributed by atoms with Gasteiger partial charge in [-0.15, -0.1) is 0 Å². The largest absolute Gasteiger partial charge is 0.491 e. The highest BCUT2D eigenvalue weighted by atomic mass is 16.5. The van der Waals surface area contributed by atoms with Crippen LogP contribution in [0.5, 0.6) is 5.75 Å². The molecule has 0 aliphatic rings. The molecule has 2 aromatic rings. The van der Waals surface area contributed by atoms with Crippen molar-refractivity contribution in [3.63, 3.8) is 0 Å². The van der Waals surface area contributed by atoms with Crippen molar-refractivity contribution in [2.24, 2.45) is 0 Å². The van der Waals surface area contributed by atoms with Crippen LogP contribution in [-0.4, -0.2) is 11.7 Å². The van der Waals surface area contributed by atoms with E-state index >= 15 is 0 Å². The second kappa shape index (κ2) is 5.89. The molecule has 0 saturated carbocycles. The fourth-order valence-electron chi connectivity index (χ4n) is 2.49. The standard InChI is InChI=1S/C17H20O2/c1-12-9-13(2)17(14(3)10-12)16(18)11-19-15-7-5-4-6-8-15/h4-10,16,18H,11H2,1-3H3. The number of hydrogen-bond acceptors (Lipinski definition) is 2. The number of aliphatic hydroxyl groups is 1. The van der Waals surface area contributed by atoms with E-state index in [1.807, 2.05) is 44.2 Å². The summed E-state index contributed by atoms with van der Waals surface area (Å²) in [6, 6.07) is 13.7. The lowest BCUT2D eigenvalue weighted by Crippen LogP contribution is -2.12. The summed E-state index contributed by atoms with van der Waals surface area (Å²) < 4.78 is 5.61. The van der Waals surface area contributed by atoms with Gasteiger partial charge in [-0.25, -0.2) is 0 Å². The van der Waals surface area contributed by atoms with Crippen LogP contribution in [0, 0.1) is 20.8 Å². The molecule has 1 unspecified atom stereocenters. The highest BCUT2D eigenvalue weighted by Gasteiger charge is 2.14. The zero-order chi connectivity index (χ0) is 13.8. The molecule has 0 aliphatic heterocycles. The quantitative estimate of drug-likeness (QED) is 0.903. The maximum atomic E-state index is 10.3. The number of hydrogen-bond donors (Lipinski definition) is 1. The van der Waals surface area contributed by atoms with Crippen LogP contribution in [0.1, 0.15) is 28.4 Å². The van der Waals surface area contributed by atoms with Crippen molar-refractivity contribution in [2.45, 2.75) is 26.9 Å². The average Bonchev–Trinajstić information content (AvgIpc) is 2.36. The highest BCUT2D eigenvalue weighted by Crippen LogP contribution is 2.24. The van der Waals surface area contributed by atoms with Gasteiger partial charge in [0.2, 0.25) is 0 Å². The Labute approximate surface area is 114 Å². The Hall–Kier alpha value is -1.80. The average molecular weight is 256 g/mol. The Morgan fingerprint density at radius 1 is 1.00 bits per heavy atom. The van der Waals surface area contributed by atoms with Crippen molar-refractivity contribution < 1.29 is 9.84 Å². The summed E-state index contributed by atoms with van der Waals surface area (Å²) >= 11 is 0. The molecule has 0 bridgehead atoms. The van der Waals surface area contributed by atoms with E-state index in [9.17, 15) is 5.11 Å². The van der Waals surface area contributed by atoms with Gasteiger partial charge < -0.3 is 9.84 Å². The summed E-state index contributed by atoms with van der Waals surface area (Å²) in [5.74, 6) is 0.781. The summed E-state index contributed by atoms with van der Waals surface area (Å²) in [6.07, 6.45) is -0.596. The van der Waals surface area contributed by atoms with E-state index in [0.29, 0.717) is 0 Å². The molecule has 0 aliphatic carbocycles. The van der Waals surface area contributed by atoms with Crippen LogP contribution in [0.15, 0.2) is 42.5 Å². The van der Waals surface area contributed by atoms with Crippen molar-refractivity contribution in [2.75, 3.05) is 6.61 Å². The van der Waals surface area contributed by atoms with Crippen LogP contribution >= 0.6 is 0 Å². The van der Waals surface area contributed by atoms with Crippen molar-refractivity contribution in [3.05, 3.63) is 64.7 Å². The molecule has 1 N–H and O–H groups in total. The molecule has 2 aromatic carbocycles. The van der Waals surface area contributed by atoms with Gasteiger partial charge in [0.1, 0.15) is 18.5 Å². The van der Waals surface area contributed by atoms with Gasteiger partial charge in [0.05, 0.1) is 0 Å². The summed E-state index contributed by atoms with van der Waals surface area (Å²) in [4.78, 5) is 0. The Morgan fingerprint density at radius 2 is 1.58 bits per heavy atom. The maximum Gasteiger partial charge on any atom is 0.119 e. The lowest BCUT2D eigenvalue weighted by Gasteiger charge is -2.18. The second-order valence-corrected chi connectivity index (χ2v) is 4.95. The third-order valence-corrected chi connectivity index (χ3v) is 3.22. The van der Waals surface area contributed by atoms with E-state index in [0.717, 1.165) is 22.4 Å². The highest BCUT2D eigenvalue weighted by molar-refractivity contribution is 5.39. The smallest absolute Gasteiger partial charge is 0.119 e. The van der Waals surface area contributed by atoms with Gasteiger partial charge in [-0.05, 0) is 49.6 Å². The van der Waals surface area contributed by atoms with E-state index in [2.05, 4.69) is 19.1 Å². The number of aliphatic hydroxyl groups excluding tert-OH is 1. The van der Waals surface area contributed by atoms with Crippen molar-refractivity contribution >= 4 is 0 Å². The summed E-state index contributed by atoms with van der Waals surface area (Å²) in [7, 11) is 0. The molecule has 2 heteroatoms. The number of ether oxygens (including phenoxy) is 1. The minimum atomic E-state index is -0.596. The predicted octanol–water partition coefficient (Wildman–Crippen LogP) is 3.72. The Balaban J connectivity index is 2.10. The molecule has 0 amide bonds. The first-order valence-corrected chi connectivity index (χ1v) is 6.51. The zero-order valence-electron chi connectivity index (χ0n) is 11.7. The van der Waals surface area contributed by atoms with E-state index in [-0.39, 0.29) is 6.61 Å². The number of rotatable bonds is 4. The van der Waals surface area contributed by atoms with Crippen LogP contribution in [0.25, 0.3) is 0 Å². The fourth-order valence-corrected chi connectivity index (χ4v) is 2.49. The van der Waals surface area contributed by atoms with Crippen LogP contribution in [0.2, 0.25) is 0 Å². The Morgan fingerprint density at radius 3 is 2.16 bits per heavy atom. The van der Waals surface area contributed by atoms with Crippen molar-refractivity contribution in [1.29, 1.82) is 0 Å². The van der Waals surface area contributed by atoms with Gasteiger partial charge in [-0.3, -0.25) is 0 Å². The molecular weight excluding hydrogens is 236 g/mol. The van der Waals surface area contributed by atoms with E-state index in [4.69, 9.17) is 4.74 Å². The van der Waals surface area contributed by atoms with Crippen molar-refractivity contribution in [3.8, 4) is 5.75 Å². The monoisotopic (exact) mass is 256 g/mol. The van der Waals surface area contributed by atoms with E-state index in [1.54, 1.807) is 0 Å². The Bertz CT molecular complexity index is 523. The van der Waals surface area contributed by atoms with Gasteiger partial charge in [-0.2, -0.15) is 0 Å². The fraction of sp³-hybridized carbons (Fsp3) is 0.294. The first-order chi connectivity index (χ1) is 9.08. The molecule has 0 heterocycles. The molecule has 19 heavy (non-hydrogen) atoms. The lowest BCUT2D eigenvalue weighted by molar-refractivity contribution is 0.107. The molecule has 0 spiro atoms. The third kappa shape index (κ3) is 3.36. The predicted molar refractivity (Wildman–Crippen MR) is 77.5 cm³/mol. The minimum Gasteiger partial charge on any atom is -0.491 e. The van der Waals surface area contributed by atoms with Crippen LogP contribution in [0.3, 0.4) is 0 Å². The first-order valence-electron chi connectivity index (χ1n) is 6.51. The SMILES string of the molecule is Cc1cc(C)c(C(O)COc2ccccc2)c(C)c1. The van der Waals surface area contributed by atoms with Gasteiger partial charge in [0.15, 0.2) is 0 Å². The molecule has 1 atom stereocenters. The lowest BCUT2D eigenvalue weighted by atomic mass is 9.96. The van der Waals surface area contributed by atoms with Crippen LogP contribution in [0.4, 0.5) is 0 Å². The number of para-hydroxylation sites is 1. The number of benzene rings is 2. The molecule has 0 fully saturated rings. The molecular formula is C17H20O2. The zero-order valence-corrected chi connectivity index (χ0v) is 11.7. The van der Waals surface area contributed by atoms with E-state index in [1.165, 1.54) is 5.56 Å². The molecule has 2 rings (SSSR count). The van der Waals surface area contributed by atoms with Crippen LogP contribution in [-0.2, 0) is 0 Å². The summed E-state index contributed by atoms with van der Waals surface area (Å²) in [6.45, 7) is 6.40. The molecule has 0 aromatic heterocycles.